The molecule has 6 heteroatoms. The van der Waals surface area contributed by atoms with Gasteiger partial charge in [0.15, 0.2) is 5.69 Å². The lowest BCUT2D eigenvalue weighted by Gasteiger charge is -2.10. The zero-order valence-electron chi connectivity index (χ0n) is 15.1. The van der Waals surface area contributed by atoms with Gasteiger partial charge in [-0.25, -0.2) is 4.68 Å². The van der Waals surface area contributed by atoms with Gasteiger partial charge in [0.05, 0.1) is 5.69 Å². The van der Waals surface area contributed by atoms with Gasteiger partial charge in [0.25, 0.3) is 5.91 Å². The van der Waals surface area contributed by atoms with Crippen LogP contribution < -0.4 is 11.1 Å². The molecule has 0 saturated heterocycles. The van der Waals surface area contributed by atoms with Crippen molar-refractivity contribution in [1.29, 1.82) is 0 Å². The number of rotatable bonds is 5. The highest BCUT2D eigenvalue weighted by molar-refractivity contribution is 5.94. The Balaban J connectivity index is 0.00000225. The Bertz CT molecular complexity index is 767. The number of nitrogens with zero attached hydrogens (tertiary/aromatic N) is 2. The molecule has 3 rings (SSSR count). The van der Waals surface area contributed by atoms with Gasteiger partial charge in [-0.2, -0.15) is 5.10 Å². The number of aromatic nitrogens is 2. The molecule has 1 atom stereocenters. The molecular weight excluding hydrogens is 336 g/mol. The molecule has 0 aliphatic heterocycles. The van der Waals surface area contributed by atoms with Crippen molar-refractivity contribution in [1.82, 2.24) is 15.1 Å². The molecule has 1 heterocycles. The SMILES string of the molecule is Cc1ccc(-n2nc(C(=O)NCCC(C)N)c3c2CCC3)c(C)c1.Cl. The number of carbonyl (C=O) groups is 1. The summed E-state index contributed by atoms with van der Waals surface area (Å²) in [6.07, 6.45) is 3.75. The lowest BCUT2D eigenvalue weighted by Crippen LogP contribution is -2.29. The Hall–Kier alpha value is -1.85. The maximum atomic E-state index is 12.5. The number of fused-ring (bicyclic) bond motifs is 1. The van der Waals surface area contributed by atoms with Gasteiger partial charge in [0.1, 0.15) is 0 Å². The number of benzene rings is 1. The fraction of sp³-hybridized carbons (Fsp3) is 0.474. The van der Waals surface area contributed by atoms with E-state index < -0.39 is 0 Å². The van der Waals surface area contributed by atoms with Gasteiger partial charge >= 0.3 is 0 Å². The minimum Gasteiger partial charge on any atom is -0.351 e. The molecule has 25 heavy (non-hydrogen) atoms. The van der Waals surface area contributed by atoms with Crippen LogP contribution in [-0.4, -0.2) is 28.3 Å². The van der Waals surface area contributed by atoms with Crippen LogP contribution in [0.15, 0.2) is 18.2 Å². The predicted molar refractivity (Wildman–Crippen MR) is 103 cm³/mol. The van der Waals surface area contributed by atoms with Crippen LogP contribution in [0.3, 0.4) is 0 Å². The Morgan fingerprint density at radius 1 is 1.36 bits per heavy atom. The molecule has 0 bridgehead atoms. The summed E-state index contributed by atoms with van der Waals surface area (Å²) in [4.78, 5) is 12.5. The Kier molecular flexibility index (Phi) is 6.25. The van der Waals surface area contributed by atoms with Gasteiger partial charge < -0.3 is 11.1 Å². The maximum absolute atomic E-state index is 12.5. The van der Waals surface area contributed by atoms with Crippen LogP contribution in [-0.2, 0) is 12.8 Å². The number of nitrogens with two attached hydrogens (primary N) is 1. The van der Waals surface area contributed by atoms with Gasteiger partial charge in [-0.05, 0) is 58.1 Å². The van der Waals surface area contributed by atoms with Gasteiger partial charge in [-0.3, -0.25) is 4.79 Å². The zero-order valence-corrected chi connectivity index (χ0v) is 15.9. The topological polar surface area (TPSA) is 72.9 Å². The molecule has 136 valence electrons. The van der Waals surface area contributed by atoms with Gasteiger partial charge in [-0.1, -0.05) is 17.7 Å². The van der Waals surface area contributed by atoms with Crippen LogP contribution in [0.25, 0.3) is 5.69 Å². The van der Waals surface area contributed by atoms with E-state index in [2.05, 4.69) is 42.5 Å². The molecule has 0 fully saturated rings. The average molecular weight is 363 g/mol. The van der Waals surface area contributed by atoms with E-state index in [0.29, 0.717) is 12.2 Å². The van der Waals surface area contributed by atoms with E-state index in [1.54, 1.807) is 0 Å². The number of aryl methyl sites for hydroxylation is 2. The summed E-state index contributed by atoms with van der Waals surface area (Å²) in [5.74, 6) is -0.0858. The van der Waals surface area contributed by atoms with Gasteiger partial charge in [-0.15, -0.1) is 12.4 Å². The first kappa shape index (κ1) is 19.5. The molecule has 1 amide bonds. The normalized spacial score (nSPS) is 13.9. The van der Waals surface area contributed by atoms with E-state index in [9.17, 15) is 4.79 Å². The van der Waals surface area contributed by atoms with Crippen molar-refractivity contribution in [2.75, 3.05) is 6.54 Å². The summed E-state index contributed by atoms with van der Waals surface area (Å²) in [6.45, 7) is 6.70. The van der Waals surface area contributed by atoms with E-state index in [4.69, 9.17) is 5.73 Å². The third kappa shape index (κ3) is 4.05. The highest BCUT2D eigenvalue weighted by atomic mass is 35.5. The van der Waals surface area contributed by atoms with Crippen molar-refractivity contribution in [3.8, 4) is 5.69 Å². The zero-order chi connectivity index (χ0) is 17.3. The van der Waals surface area contributed by atoms with Crippen molar-refractivity contribution >= 4 is 18.3 Å². The predicted octanol–water partition coefficient (Wildman–Crippen LogP) is 2.87. The Morgan fingerprint density at radius 3 is 2.80 bits per heavy atom. The number of amides is 1. The van der Waals surface area contributed by atoms with Crippen molar-refractivity contribution in [3.05, 3.63) is 46.3 Å². The number of halogens is 1. The Labute approximate surface area is 155 Å². The van der Waals surface area contributed by atoms with Crippen LogP contribution in [0.4, 0.5) is 0 Å². The van der Waals surface area contributed by atoms with Crippen molar-refractivity contribution in [2.24, 2.45) is 5.73 Å². The fourth-order valence-corrected chi connectivity index (χ4v) is 3.36. The average Bonchev–Trinajstić information content (AvgIpc) is 3.09. The van der Waals surface area contributed by atoms with Gasteiger partial charge in [0.2, 0.25) is 0 Å². The lowest BCUT2D eigenvalue weighted by molar-refractivity contribution is 0.0946. The third-order valence-electron chi connectivity index (χ3n) is 4.61. The summed E-state index contributed by atoms with van der Waals surface area (Å²) >= 11 is 0. The van der Waals surface area contributed by atoms with Crippen LogP contribution >= 0.6 is 12.4 Å². The number of hydrogen-bond donors (Lipinski definition) is 2. The van der Waals surface area contributed by atoms with Crippen molar-refractivity contribution < 1.29 is 4.79 Å². The molecule has 1 aliphatic carbocycles. The first-order valence-corrected chi connectivity index (χ1v) is 8.69. The first-order chi connectivity index (χ1) is 11.5. The Morgan fingerprint density at radius 2 is 2.12 bits per heavy atom. The summed E-state index contributed by atoms with van der Waals surface area (Å²) in [6, 6.07) is 6.42. The fourth-order valence-electron chi connectivity index (χ4n) is 3.36. The largest absolute Gasteiger partial charge is 0.351 e. The molecule has 1 aliphatic rings. The minimum absolute atomic E-state index is 0. The van der Waals surface area contributed by atoms with Crippen LogP contribution in [0.5, 0.6) is 0 Å². The van der Waals surface area contributed by atoms with E-state index in [1.165, 1.54) is 16.8 Å². The first-order valence-electron chi connectivity index (χ1n) is 8.69. The van der Waals surface area contributed by atoms with Crippen LogP contribution in [0, 0.1) is 13.8 Å². The second-order valence-electron chi connectivity index (χ2n) is 6.85. The highest BCUT2D eigenvalue weighted by Gasteiger charge is 2.27. The summed E-state index contributed by atoms with van der Waals surface area (Å²) in [7, 11) is 0. The second kappa shape index (κ2) is 8.02. The molecule has 5 nitrogen and oxygen atoms in total. The quantitative estimate of drug-likeness (QED) is 0.858. The molecule has 0 radical (unpaired) electrons. The van der Waals surface area contributed by atoms with Crippen molar-refractivity contribution in [2.45, 2.75) is 52.5 Å². The minimum atomic E-state index is -0.0858. The highest BCUT2D eigenvalue weighted by Crippen LogP contribution is 2.29. The monoisotopic (exact) mass is 362 g/mol. The van der Waals surface area contributed by atoms with Gasteiger partial charge in [0, 0.05) is 23.8 Å². The molecule has 0 saturated carbocycles. The smallest absolute Gasteiger partial charge is 0.272 e. The van der Waals surface area contributed by atoms with Crippen LogP contribution in [0.2, 0.25) is 0 Å². The molecule has 1 aromatic heterocycles. The maximum Gasteiger partial charge on any atom is 0.272 e. The number of hydrogen-bond acceptors (Lipinski definition) is 3. The molecule has 0 spiro atoms. The van der Waals surface area contributed by atoms with Crippen LogP contribution in [0.1, 0.15) is 52.6 Å². The number of carbonyl (C=O) groups excluding carboxylic acids is 1. The third-order valence-corrected chi connectivity index (χ3v) is 4.61. The van der Waals surface area contributed by atoms with E-state index >= 15 is 0 Å². The lowest BCUT2D eigenvalue weighted by atomic mass is 10.1. The second-order valence-corrected chi connectivity index (χ2v) is 6.85. The number of nitrogens with one attached hydrogen (secondary N) is 1. The molecule has 1 unspecified atom stereocenters. The van der Waals surface area contributed by atoms with E-state index in [0.717, 1.165) is 36.9 Å². The molecule has 1 aromatic carbocycles. The standard InChI is InChI=1S/C19H26N4O.ClH/c1-12-7-8-16(13(2)11-12)23-17-6-4-5-15(17)18(22-23)19(24)21-10-9-14(3)20;/h7-8,11,14H,4-6,9-10,20H2,1-3H3,(H,21,24);1H. The summed E-state index contributed by atoms with van der Waals surface area (Å²) in [5, 5.41) is 7.62. The molecule has 2 aromatic rings. The summed E-state index contributed by atoms with van der Waals surface area (Å²) in [5.41, 5.74) is 12.1. The molecular formula is C19H27ClN4O. The molecule has 3 N–H and O–H groups in total. The van der Waals surface area contributed by atoms with Crippen molar-refractivity contribution in [3.63, 3.8) is 0 Å². The summed E-state index contributed by atoms with van der Waals surface area (Å²) < 4.78 is 1.97. The van der Waals surface area contributed by atoms with E-state index in [-0.39, 0.29) is 24.4 Å². The van der Waals surface area contributed by atoms with E-state index in [1.807, 2.05) is 11.6 Å².